The van der Waals surface area contributed by atoms with Crippen molar-refractivity contribution in [3.8, 4) is 0 Å². The second-order valence-corrected chi connectivity index (χ2v) is 5.41. The highest BCUT2D eigenvalue weighted by molar-refractivity contribution is 5.16. The van der Waals surface area contributed by atoms with Crippen molar-refractivity contribution in [2.75, 3.05) is 19.6 Å². The van der Waals surface area contributed by atoms with Crippen LogP contribution in [0.5, 0.6) is 0 Å². The minimum absolute atomic E-state index is 0.139. The largest absolute Gasteiger partial charge is 0.312 e. The number of likely N-dealkylation sites (tertiary alicyclic amines) is 1. The average Bonchev–Trinajstić information content (AvgIpc) is 2.78. The SMILES string of the molecule is CC(C)N1CCC(NCCc2cccc(F)c2)C1. The highest BCUT2D eigenvalue weighted by atomic mass is 19.1. The van der Waals surface area contributed by atoms with Gasteiger partial charge in [0.05, 0.1) is 0 Å². The number of rotatable bonds is 5. The molecule has 0 aromatic heterocycles. The summed E-state index contributed by atoms with van der Waals surface area (Å²) in [7, 11) is 0. The normalized spacial score (nSPS) is 20.8. The summed E-state index contributed by atoms with van der Waals surface area (Å²) in [5.74, 6) is -0.139. The van der Waals surface area contributed by atoms with Crippen LogP contribution in [-0.2, 0) is 6.42 Å². The Hall–Kier alpha value is -0.930. The fraction of sp³-hybridized carbons (Fsp3) is 0.600. The number of nitrogens with one attached hydrogen (secondary N) is 1. The number of benzene rings is 1. The molecule has 0 bridgehead atoms. The van der Waals surface area contributed by atoms with Gasteiger partial charge in [0, 0.05) is 18.6 Å². The molecule has 18 heavy (non-hydrogen) atoms. The molecule has 0 saturated carbocycles. The Balaban J connectivity index is 1.70. The van der Waals surface area contributed by atoms with Gasteiger partial charge in [-0.3, -0.25) is 4.90 Å². The molecule has 1 heterocycles. The van der Waals surface area contributed by atoms with Crippen LogP contribution in [0, 0.1) is 5.82 Å². The molecule has 0 radical (unpaired) electrons. The lowest BCUT2D eigenvalue weighted by Crippen LogP contribution is -2.36. The van der Waals surface area contributed by atoms with Crippen molar-refractivity contribution >= 4 is 0 Å². The first-order valence-corrected chi connectivity index (χ1v) is 6.87. The van der Waals surface area contributed by atoms with Crippen LogP contribution in [0.4, 0.5) is 4.39 Å². The number of hydrogen-bond acceptors (Lipinski definition) is 2. The molecular formula is C15H23FN2. The van der Waals surface area contributed by atoms with Crippen LogP contribution in [0.25, 0.3) is 0 Å². The van der Waals surface area contributed by atoms with Gasteiger partial charge < -0.3 is 5.32 Å². The molecule has 1 aliphatic heterocycles. The molecular weight excluding hydrogens is 227 g/mol. The Morgan fingerprint density at radius 2 is 2.28 bits per heavy atom. The molecule has 2 rings (SSSR count). The fourth-order valence-electron chi connectivity index (χ4n) is 2.54. The highest BCUT2D eigenvalue weighted by Gasteiger charge is 2.23. The zero-order valence-electron chi connectivity index (χ0n) is 11.3. The van der Waals surface area contributed by atoms with Gasteiger partial charge in [0.25, 0.3) is 0 Å². The molecule has 0 spiro atoms. The molecule has 1 N–H and O–H groups in total. The third-order valence-electron chi connectivity index (χ3n) is 3.69. The Morgan fingerprint density at radius 1 is 1.44 bits per heavy atom. The van der Waals surface area contributed by atoms with Gasteiger partial charge in [-0.15, -0.1) is 0 Å². The predicted molar refractivity (Wildman–Crippen MR) is 73.2 cm³/mol. The van der Waals surface area contributed by atoms with Crippen LogP contribution >= 0.6 is 0 Å². The third kappa shape index (κ3) is 3.79. The lowest BCUT2D eigenvalue weighted by molar-refractivity contribution is 0.268. The van der Waals surface area contributed by atoms with E-state index in [1.165, 1.54) is 19.0 Å². The van der Waals surface area contributed by atoms with Crippen LogP contribution in [0.3, 0.4) is 0 Å². The Labute approximate surface area is 109 Å². The maximum Gasteiger partial charge on any atom is 0.123 e. The molecule has 1 unspecified atom stereocenters. The molecule has 1 aromatic carbocycles. The minimum Gasteiger partial charge on any atom is -0.312 e. The zero-order valence-corrected chi connectivity index (χ0v) is 11.3. The topological polar surface area (TPSA) is 15.3 Å². The summed E-state index contributed by atoms with van der Waals surface area (Å²) in [6.07, 6.45) is 2.12. The second kappa shape index (κ2) is 6.30. The molecule has 2 nitrogen and oxygen atoms in total. The molecule has 1 aliphatic rings. The smallest absolute Gasteiger partial charge is 0.123 e. The van der Waals surface area contributed by atoms with Crippen LogP contribution in [0.1, 0.15) is 25.8 Å². The highest BCUT2D eigenvalue weighted by Crippen LogP contribution is 2.12. The van der Waals surface area contributed by atoms with Crippen molar-refractivity contribution in [1.82, 2.24) is 10.2 Å². The van der Waals surface area contributed by atoms with Crippen molar-refractivity contribution in [2.24, 2.45) is 0 Å². The lowest BCUT2D eigenvalue weighted by atomic mass is 10.1. The quantitative estimate of drug-likeness (QED) is 0.863. The van der Waals surface area contributed by atoms with Gasteiger partial charge in [-0.1, -0.05) is 12.1 Å². The summed E-state index contributed by atoms with van der Waals surface area (Å²) in [5.41, 5.74) is 1.07. The maximum atomic E-state index is 13.0. The van der Waals surface area contributed by atoms with E-state index >= 15 is 0 Å². The molecule has 1 fully saturated rings. The molecule has 1 atom stereocenters. The van der Waals surface area contributed by atoms with Crippen molar-refractivity contribution < 1.29 is 4.39 Å². The van der Waals surface area contributed by atoms with Crippen molar-refractivity contribution in [3.63, 3.8) is 0 Å². The van der Waals surface area contributed by atoms with Crippen molar-refractivity contribution in [1.29, 1.82) is 0 Å². The minimum atomic E-state index is -0.139. The Morgan fingerprint density at radius 3 is 2.94 bits per heavy atom. The van der Waals surface area contributed by atoms with E-state index in [0.29, 0.717) is 12.1 Å². The van der Waals surface area contributed by atoms with Gasteiger partial charge in [-0.25, -0.2) is 4.39 Å². The third-order valence-corrected chi connectivity index (χ3v) is 3.69. The van der Waals surface area contributed by atoms with Crippen molar-refractivity contribution in [2.45, 2.75) is 38.8 Å². The van der Waals surface area contributed by atoms with E-state index in [0.717, 1.165) is 25.1 Å². The Bertz CT molecular complexity index is 379. The van der Waals surface area contributed by atoms with Crippen molar-refractivity contribution in [3.05, 3.63) is 35.6 Å². The summed E-state index contributed by atoms with van der Waals surface area (Å²) >= 11 is 0. The van der Waals surface area contributed by atoms with Crippen LogP contribution in [0.15, 0.2) is 24.3 Å². The second-order valence-electron chi connectivity index (χ2n) is 5.41. The summed E-state index contributed by atoms with van der Waals surface area (Å²) in [4.78, 5) is 2.50. The van der Waals surface area contributed by atoms with Crippen LogP contribution in [0.2, 0.25) is 0 Å². The monoisotopic (exact) mass is 250 g/mol. The first kappa shape index (κ1) is 13.5. The lowest BCUT2D eigenvalue weighted by Gasteiger charge is -2.20. The van der Waals surface area contributed by atoms with E-state index in [1.807, 2.05) is 6.07 Å². The van der Waals surface area contributed by atoms with E-state index in [-0.39, 0.29) is 5.82 Å². The molecule has 1 saturated heterocycles. The number of nitrogens with zero attached hydrogens (tertiary/aromatic N) is 1. The molecule has 3 heteroatoms. The van der Waals surface area contributed by atoms with E-state index in [1.54, 1.807) is 12.1 Å². The van der Waals surface area contributed by atoms with Gasteiger partial charge in [0.1, 0.15) is 5.82 Å². The van der Waals surface area contributed by atoms with E-state index in [9.17, 15) is 4.39 Å². The zero-order chi connectivity index (χ0) is 13.0. The van der Waals surface area contributed by atoms with E-state index < -0.39 is 0 Å². The first-order valence-electron chi connectivity index (χ1n) is 6.87. The molecule has 0 aliphatic carbocycles. The maximum absolute atomic E-state index is 13.0. The summed E-state index contributed by atoms with van der Waals surface area (Å²) < 4.78 is 13.0. The van der Waals surface area contributed by atoms with Gasteiger partial charge in [0.15, 0.2) is 0 Å². The Kier molecular flexibility index (Phi) is 4.72. The summed E-state index contributed by atoms with van der Waals surface area (Å²) in [5, 5.41) is 3.57. The average molecular weight is 250 g/mol. The van der Waals surface area contributed by atoms with Crippen LogP contribution < -0.4 is 5.32 Å². The fourth-order valence-corrected chi connectivity index (χ4v) is 2.54. The van der Waals surface area contributed by atoms with Gasteiger partial charge in [0.2, 0.25) is 0 Å². The van der Waals surface area contributed by atoms with E-state index in [4.69, 9.17) is 0 Å². The first-order chi connectivity index (χ1) is 8.65. The molecule has 100 valence electrons. The van der Waals surface area contributed by atoms with Crippen LogP contribution in [-0.4, -0.2) is 36.6 Å². The molecule has 1 aromatic rings. The van der Waals surface area contributed by atoms with Gasteiger partial charge in [-0.2, -0.15) is 0 Å². The van der Waals surface area contributed by atoms with Gasteiger partial charge >= 0.3 is 0 Å². The number of hydrogen-bond donors (Lipinski definition) is 1. The summed E-state index contributed by atoms with van der Waals surface area (Å²) in [6, 6.07) is 8.12. The van der Waals surface area contributed by atoms with E-state index in [2.05, 4.69) is 24.1 Å². The number of halogens is 1. The van der Waals surface area contributed by atoms with Gasteiger partial charge in [-0.05, 0) is 57.5 Å². The molecule has 0 amide bonds. The predicted octanol–water partition coefficient (Wildman–Crippen LogP) is 2.44. The summed E-state index contributed by atoms with van der Waals surface area (Å²) in [6.45, 7) is 7.75. The standard InChI is InChI=1S/C15H23FN2/c1-12(2)18-9-7-15(11-18)17-8-6-13-4-3-5-14(16)10-13/h3-5,10,12,15,17H,6-9,11H2,1-2H3.